The molecule has 0 radical (unpaired) electrons. The highest BCUT2D eigenvalue weighted by molar-refractivity contribution is 5.93. The highest BCUT2D eigenvalue weighted by Crippen LogP contribution is 2.15. The van der Waals surface area contributed by atoms with Gasteiger partial charge in [0.2, 0.25) is 0 Å². The SMILES string of the molecule is CN(C)C1CCCN(C(=O)c2cn(C)c(=O)[nH]c2=O)C1. The molecular formula is C13H20N4O3. The van der Waals surface area contributed by atoms with Crippen molar-refractivity contribution in [1.29, 1.82) is 0 Å². The predicted octanol–water partition coefficient (Wildman–Crippen LogP) is -0.760. The number of likely N-dealkylation sites (N-methyl/N-ethyl adjacent to an activating group) is 1. The van der Waals surface area contributed by atoms with Crippen LogP contribution in [0.15, 0.2) is 15.8 Å². The van der Waals surface area contributed by atoms with Gasteiger partial charge in [-0.3, -0.25) is 14.6 Å². The summed E-state index contributed by atoms with van der Waals surface area (Å²) in [7, 11) is 5.48. The van der Waals surface area contributed by atoms with Crippen molar-refractivity contribution in [3.63, 3.8) is 0 Å². The van der Waals surface area contributed by atoms with E-state index in [4.69, 9.17) is 0 Å². The van der Waals surface area contributed by atoms with Gasteiger partial charge in [0.05, 0.1) is 0 Å². The molecule has 1 unspecified atom stereocenters. The van der Waals surface area contributed by atoms with Crippen molar-refractivity contribution >= 4 is 5.91 Å². The fraction of sp³-hybridized carbons (Fsp3) is 0.615. The third kappa shape index (κ3) is 2.82. The molecule has 7 heteroatoms. The second-order valence-electron chi connectivity index (χ2n) is 5.42. The molecule has 0 bridgehead atoms. The third-order valence-electron chi connectivity index (χ3n) is 3.75. The summed E-state index contributed by atoms with van der Waals surface area (Å²) >= 11 is 0. The van der Waals surface area contributed by atoms with Crippen LogP contribution in [0, 0.1) is 0 Å². The number of rotatable bonds is 2. The summed E-state index contributed by atoms with van der Waals surface area (Å²) in [6, 6.07) is 0.305. The van der Waals surface area contributed by atoms with Crippen LogP contribution in [0.1, 0.15) is 23.2 Å². The zero-order valence-corrected chi connectivity index (χ0v) is 12.0. The lowest BCUT2D eigenvalue weighted by Crippen LogP contribution is -2.49. The van der Waals surface area contributed by atoms with E-state index in [9.17, 15) is 14.4 Å². The van der Waals surface area contributed by atoms with Crippen molar-refractivity contribution in [3.05, 3.63) is 32.6 Å². The first-order chi connectivity index (χ1) is 9.40. The summed E-state index contributed by atoms with van der Waals surface area (Å²) in [5.74, 6) is -0.312. The first kappa shape index (κ1) is 14.5. The normalized spacial score (nSPS) is 19.4. The summed E-state index contributed by atoms with van der Waals surface area (Å²) in [5.41, 5.74) is -1.12. The Kier molecular flexibility index (Phi) is 4.08. The van der Waals surface area contributed by atoms with E-state index in [1.54, 1.807) is 4.90 Å². The van der Waals surface area contributed by atoms with E-state index in [1.807, 2.05) is 14.1 Å². The number of hydrogen-bond donors (Lipinski definition) is 1. The summed E-state index contributed by atoms with van der Waals surface area (Å²) in [5, 5.41) is 0. The molecule has 0 saturated carbocycles. The average Bonchev–Trinajstić information content (AvgIpc) is 2.42. The lowest BCUT2D eigenvalue weighted by atomic mass is 10.0. The van der Waals surface area contributed by atoms with Crippen LogP contribution in [0.2, 0.25) is 0 Å². The molecule has 1 aliphatic heterocycles. The summed E-state index contributed by atoms with van der Waals surface area (Å²) in [4.78, 5) is 41.4. The van der Waals surface area contributed by atoms with E-state index in [2.05, 4.69) is 9.88 Å². The van der Waals surface area contributed by atoms with Crippen LogP contribution >= 0.6 is 0 Å². The molecule has 1 amide bonds. The van der Waals surface area contributed by atoms with Gasteiger partial charge in [0.15, 0.2) is 0 Å². The summed E-state index contributed by atoms with van der Waals surface area (Å²) < 4.78 is 1.21. The highest BCUT2D eigenvalue weighted by Gasteiger charge is 2.27. The highest BCUT2D eigenvalue weighted by atomic mass is 16.2. The molecule has 1 saturated heterocycles. The van der Waals surface area contributed by atoms with Gasteiger partial charge in [0, 0.05) is 32.4 Å². The molecule has 1 aliphatic rings. The number of hydrogen-bond acceptors (Lipinski definition) is 4. The largest absolute Gasteiger partial charge is 0.337 e. The Labute approximate surface area is 116 Å². The number of carbonyl (C=O) groups excluding carboxylic acids is 1. The lowest BCUT2D eigenvalue weighted by molar-refractivity contribution is 0.0632. The van der Waals surface area contributed by atoms with Crippen LogP contribution in [-0.2, 0) is 7.05 Å². The van der Waals surface area contributed by atoms with E-state index < -0.39 is 11.2 Å². The van der Waals surface area contributed by atoms with Crippen LogP contribution in [0.25, 0.3) is 0 Å². The Morgan fingerprint density at radius 1 is 1.40 bits per heavy atom. The Balaban J connectivity index is 2.25. The van der Waals surface area contributed by atoms with Gasteiger partial charge in [-0.15, -0.1) is 0 Å². The molecular weight excluding hydrogens is 260 g/mol. The molecule has 0 aliphatic carbocycles. The average molecular weight is 280 g/mol. The maximum Gasteiger partial charge on any atom is 0.328 e. The van der Waals surface area contributed by atoms with Gasteiger partial charge >= 0.3 is 5.69 Å². The molecule has 110 valence electrons. The monoisotopic (exact) mass is 280 g/mol. The van der Waals surface area contributed by atoms with E-state index in [0.29, 0.717) is 19.1 Å². The Morgan fingerprint density at radius 3 is 2.75 bits per heavy atom. The van der Waals surface area contributed by atoms with Crippen molar-refractivity contribution in [2.24, 2.45) is 7.05 Å². The molecule has 0 spiro atoms. The van der Waals surface area contributed by atoms with Gasteiger partial charge < -0.3 is 14.4 Å². The Morgan fingerprint density at radius 2 is 2.10 bits per heavy atom. The first-order valence-electron chi connectivity index (χ1n) is 6.66. The molecule has 7 nitrogen and oxygen atoms in total. The molecule has 1 N–H and O–H groups in total. The zero-order valence-electron chi connectivity index (χ0n) is 12.0. The maximum atomic E-state index is 12.4. The number of H-pyrrole nitrogens is 1. The molecule has 1 aromatic heterocycles. The van der Waals surface area contributed by atoms with E-state index in [1.165, 1.54) is 17.8 Å². The number of aromatic amines is 1. The number of nitrogens with one attached hydrogen (secondary N) is 1. The first-order valence-corrected chi connectivity index (χ1v) is 6.66. The predicted molar refractivity (Wildman–Crippen MR) is 74.9 cm³/mol. The Bertz CT molecular complexity index is 617. The van der Waals surface area contributed by atoms with Crippen LogP contribution < -0.4 is 11.2 Å². The van der Waals surface area contributed by atoms with Crippen LogP contribution in [0.4, 0.5) is 0 Å². The van der Waals surface area contributed by atoms with Gasteiger partial charge in [0.25, 0.3) is 11.5 Å². The van der Waals surface area contributed by atoms with Gasteiger partial charge in [-0.25, -0.2) is 4.79 Å². The number of carbonyl (C=O) groups is 1. The molecule has 1 atom stereocenters. The van der Waals surface area contributed by atoms with Gasteiger partial charge in [0.1, 0.15) is 5.56 Å². The van der Waals surface area contributed by atoms with E-state index in [-0.39, 0.29) is 11.5 Å². The molecule has 2 rings (SSSR count). The summed E-state index contributed by atoms with van der Waals surface area (Å²) in [6.45, 7) is 1.25. The molecule has 0 aromatic carbocycles. The van der Waals surface area contributed by atoms with Crippen LogP contribution in [0.5, 0.6) is 0 Å². The maximum absolute atomic E-state index is 12.4. The van der Waals surface area contributed by atoms with Crippen molar-refractivity contribution in [2.75, 3.05) is 27.2 Å². The minimum absolute atomic E-state index is 0.0199. The van der Waals surface area contributed by atoms with Gasteiger partial charge in [-0.2, -0.15) is 0 Å². The molecule has 1 fully saturated rings. The smallest absolute Gasteiger partial charge is 0.328 e. The van der Waals surface area contributed by atoms with Gasteiger partial charge in [-0.1, -0.05) is 0 Å². The second kappa shape index (κ2) is 5.62. The molecule has 20 heavy (non-hydrogen) atoms. The van der Waals surface area contributed by atoms with Crippen LogP contribution in [-0.4, -0.2) is 58.5 Å². The fourth-order valence-electron chi connectivity index (χ4n) is 2.45. The molecule has 1 aromatic rings. The second-order valence-corrected chi connectivity index (χ2v) is 5.42. The van der Waals surface area contributed by atoms with Crippen molar-refractivity contribution in [1.82, 2.24) is 19.4 Å². The van der Waals surface area contributed by atoms with E-state index in [0.717, 1.165) is 12.8 Å². The lowest BCUT2D eigenvalue weighted by Gasteiger charge is -2.36. The minimum Gasteiger partial charge on any atom is -0.337 e. The fourth-order valence-corrected chi connectivity index (χ4v) is 2.45. The molecule has 2 heterocycles. The standard InChI is InChI=1S/C13H20N4O3/c1-15(2)9-5-4-6-17(7-9)12(19)10-8-16(3)13(20)14-11(10)18/h8-9H,4-7H2,1-3H3,(H,14,18,20). The number of likely N-dealkylation sites (tertiary alicyclic amines) is 1. The van der Waals surface area contributed by atoms with Crippen LogP contribution in [0.3, 0.4) is 0 Å². The topological polar surface area (TPSA) is 78.4 Å². The number of aromatic nitrogens is 2. The van der Waals surface area contributed by atoms with Crippen molar-refractivity contribution in [3.8, 4) is 0 Å². The zero-order chi connectivity index (χ0) is 14.9. The summed E-state index contributed by atoms with van der Waals surface area (Å²) in [6.07, 6.45) is 3.27. The van der Waals surface area contributed by atoms with Crippen molar-refractivity contribution < 1.29 is 4.79 Å². The third-order valence-corrected chi connectivity index (χ3v) is 3.75. The number of aryl methyl sites for hydroxylation is 1. The number of piperidine rings is 1. The van der Waals surface area contributed by atoms with Crippen molar-refractivity contribution in [2.45, 2.75) is 18.9 Å². The van der Waals surface area contributed by atoms with E-state index >= 15 is 0 Å². The number of amides is 1. The Hall–Kier alpha value is -1.89. The number of nitrogens with zero attached hydrogens (tertiary/aromatic N) is 3. The van der Waals surface area contributed by atoms with Gasteiger partial charge in [-0.05, 0) is 26.9 Å². The minimum atomic E-state index is -0.620. The quantitative estimate of drug-likeness (QED) is 0.772.